The van der Waals surface area contributed by atoms with Gasteiger partial charge in [-0.15, -0.1) is 11.8 Å². The number of hydrogen-bond acceptors (Lipinski definition) is 3. The van der Waals surface area contributed by atoms with Crippen LogP contribution < -0.4 is 0 Å². The number of rotatable bonds is 7. The number of carbonyl (C=O) groups excluding carboxylic acids is 1. The Balaban J connectivity index is 2.64. The second-order valence-electron chi connectivity index (χ2n) is 4.07. The number of Topliss-reactive ketones (excluding diaryl/α,β-unsaturated/α-hetero) is 1. The maximum atomic E-state index is 11.6. The molecule has 1 rings (SSSR count). The lowest BCUT2D eigenvalue weighted by Gasteiger charge is -2.17. The number of halogens is 1. The molecular formula is C14H20BrNOS. The summed E-state index contributed by atoms with van der Waals surface area (Å²) in [5.41, 5.74) is 0.814. The summed E-state index contributed by atoms with van der Waals surface area (Å²) in [5.74, 6) is 1.14. The Bertz CT molecular complexity index is 405. The van der Waals surface area contributed by atoms with Gasteiger partial charge in [-0.3, -0.25) is 4.79 Å². The third-order valence-electron chi connectivity index (χ3n) is 2.88. The molecule has 0 aliphatic rings. The van der Waals surface area contributed by atoms with Gasteiger partial charge in [-0.05, 0) is 38.2 Å². The minimum atomic E-state index is 0.127. The number of ketones is 1. The van der Waals surface area contributed by atoms with Crippen molar-refractivity contribution >= 4 is 33.5 Å². The van der Waals surface area contributed by atoms with Gasteiger partial charge in [0.25, 0.3) is 0 Å². The van der Waals surface area contributed by atoms with Gasteiger partial charge in [0.1, 0.15) is 0 Å². The predicted octanol–water partition coefficient (Wildman–Crippen LogP) is 4.09. The fraction of sp³-hybridized carbons (Fsp3) is 0.500. The molecule has 1 aromatic rings. The van der Waals surface area contributed by atoms with Gasteiger partial charge in [-0.2, -0.15) is 0 Å². The first-order valence-corrected chi connectivity index (χ1v) is 8.02. The van der Waals surface area contributed by atoms with E-state index >= 15 is 0 Å². The van der Waals surface area contributed by atoms with Crippen LogP contribution in [0.3, 0.4) is 0 Å². The molecule has 0 N–H and O–H groups in total. The van der Waals surface area contributed by atoms with E-state index in [-0.39, 0.29) is 5.78 Å². The molecule has 0 aromatic heterocycles. The minimum Gasteiger partial charge on any atom is -0.303 e. The Morgan fingerprint density at radius 3 is 2.56 bits per heavy atom. The maximum Gasteiger partial charge on any atom is 0.160 e. The zero-order chi connectivity index (χ0) is 13.5. The van der Waals surface area contributed by atoms with Crippen LogP contribution in [-0.2, 0) is 0 Å². The van der Waals surface area contributed by atoms with Gasteiger partial charge in [-0.1, -0.05) is 29.8 Å². The van der Waals surface area contributed by atoms with Crippen molar-refractivity contribution in [1.82, 2.24) is 4.90 Å². The van der Waals surface area contributed by atoms with E-state index in [1.54, 1.807) is 18.7 Å². The third-order valence-corrected chi connectivity index (χ3v) is 4.43. The summed E-state index contributed by atoms with van der Waals surface area (Å²) in [6.45, 7) is 9.19. The highest BCUT2D eigenvalue weighted by molar-refractivity contribution is 9.10. The van der Waals surface area contributed by atoms with Crippen molar-refractivity contribution in [2.24, 2.45) is 0 Å². The first-order chi connectivity index (χ1) is 8.58. The molecule has 0 spiro atoms. The molecule has 0 unspecified atom stereocenters. The topological polar surface area (TPSA) is 20.3 Å². The van der Waals surface area contributed by atoms with Crippen molar-refractivity contribution < 1.29 is 4.79 Å². The summed E-state index contributed by atoms with van der Waals surface area (Å²) >= 11 is 5.17. The SMILES string of the molecule is CCN(CC)CCSc1ccc(Br)cc1C(C)=O. The third kappa shape index (κ3) is 4.75. The molecular weight excluding hydrogens is 310 g/mol. The molecule has 0 radical (unpaired) electrons. The molecule has 0 amide bonds. The first kappa shape index (κ1) is 15.7. The van der Waals surface area contributed by atoms with Gasteiger partial charge in [0.2, 0.25) is 0 Å². The Morgan fingerprint density at radius 1 is 1.33 bits per heavy atom. The molecule has 0 saturated carbocycles. The van der Waals surface area contributed by atoms with Crippen LogP contribution >= 0.6 is 27.7 Å². The molecule has 1 aromatic carbocycles. The van der Waals surface area contributed by atoms with Crippen molar-refractivity contribution in [2.45, 2.75) is 25.7 Å². The summed E-state index contributed by atoms with van der Waals surface area (Å²) in [5, 5.41) is 0. The van der Waals surface area contributed by atoms with Crippen molar-refractivity contribution in [2.75, 3.05) is 25.4 Å². The van der Waals surface area contributed by atoms with Crippen molar-refractivity contribution in [3.63, 3.8) is 0 Å². The van der Waals surface area contributed by atoms with E-state index in [9.17, 15) is 4.79 Å². The summed E-state index contributed by atoms with van der Waals surface area (Å²) in [6, 6.07) is 5.92. The van der Waals surface area contributed by atoms with Crippen LogP contribution in [0.2, 0.25) is 0 Å². The van der Waals surface area contributed by atoms with E-state index in [0.29, 0.717) is 0 Å². The van der Waals surface area contributed by atoms with Crippen LogP contribution in [0, 0.1) is 0 Å². The maximum absolute atomic E-state index is 11.6. The van der Waals surface area contributed by atoms with E-state index in [1.807, 2.05) is 18.2 Å². The molecule has 0 saturated heterocycles. The molecule has 18 heavy (non-hydrogen) atoms. The summed E-state index contributed by atoms with van der Waals surface area (Å²) in [4.78, 5) is 15.1. The van der Waals surface area contributed by atoms with Crippen LogP contribution in [0.1, 0.15) is 31.1 Å². The molecule has 100 valence electrons. The summed E-state index contributed by atoms with van der Waals surface area (Å²) in [6.07, 6.45) is 0. The average Bonchev–Trinajstić information content (AvgIpc) is 2.36. The molecule has 0 atom stereocenters. The molecule has 0 fully saturated rings. The lowest BCUT2D eigenvalue weighted by Crippen LogP contribution is -2.25. The molecule has 4 heteroatoms. The summed E-state index contributed by atoms with van der Waals surface area (Å²) in [7, 11) is 0. The Labute approximate surface area is 122 Å². The zero-order valence-electron chi connectivity index (χ0n) is 11.2. The fourth-order valence-corrected chi connectivity index (χ4v) is 3.18. The van der Waals surface area contributed by atoms with Gasteiger partial charge in [0.05, 0.1) is 0 Å². The Hall–Kier alpha value is -0.320. The predicted molar refractivity (Wildman–Crippen MR) is 82.7 cm³/mol. The minimum absolute atomic E-state index is 0.127. The van der Waals surface area contributed by atoms with Crippen LogP contribution in [0.5, 0.6) is 0 Å². The van der Waals surface area contributed by atoms with Gasteiger partial charge in [0.15, 0.2) is 5.78 Å². The smallest absolute Gasteiger partial charge is 0.160 e. The Kier molecular flexibility index (Phi) is 6.97. The van der Waals surface area contributed by atoms with Crippen molar-refractivity contribution in [3.8, 4) is 0 Å². The van der Waals surface area contributed by atoms with Crippen LogP contribution in [-0.4, -0.2) is 36.1 Å². The lowest BCUT2D eigenvalue weighted by molar-refractivity contribution is 0.101. The van der Waals surface area contributed by atoms with Gasteiger partial charge < -0.3 is 4.90 Å². The zero-order valence-corrected chi connectivity index (χ0v) is 13.6. The quantitative estimate of drug-likeness (QED) is 0.555. The number of carbonyl (C=O) groups is 1. The van der Waals surface area contributed by atoms with E-state index in [2.05, 4.69) is 34.7 Å². The van der Waals surface area contributed by atoms with Gasteiger partial charge in [0, 0.05) is 27.2 Å². The Morgan fingerprint density at radius 2 is 2.00 bits per heavy atom. The van der Waals surface area contributed by atoms with E-state index in [1.165, 1.54) is 0 Å². The largest absolute Gasteiger partial charge is 0.303 e. The highest BCUT2D eigenvalue weighted by Gasteiger charge is 2.09. The fourth-order valence-electron chi connectivity index (χ4n) is 1.73. The van der Waals surface area contributed by atoms with Crippen LogP contribution in [0.15, 0.2) is 27.6 Å². The van der Waals surface area contributed by atoms with Crippen LogP contribution in [0.4, 0.5) is 0 Å². The molecule has 2 nitrogen and oxygen atoms in total. The van der Waals surface area contributed by atoms with Gasteiger partial charge >= 0.3 is 0 Å². The number of thioether (sulfide) groups is 1. The monoisotopic (exact) mass is 329 g/mol. The normalized spacial score (nSPS) is 10.9. The lowest BCUT2D eigenvalue weighted by atomic mass is 10.1. The molecule has 0 bridgehead atoms. The second-order valence-corrected chi connectivity index (χ2v) is 6.12. The van der Waals surface area contributed by atoms with E-state index < -0.39 is 0 Å². The summed E-state index contributed by atoms with van der Waals surface area (Å²) < 4.78 is 0.959. The average molecular weight is 330 g/mol. The van der Waals surface area contributed by atoms with Gasteiger partial charge in [-0.25, -0.2) is 0 Å². The van der Waals surface area contributed by atoms with Crippen molar-refractivity contribution in [1.29, 1.82) is 0 Å². The highest BCUT2D eigenvalue weighted by Crippen LogP contribution is 2.26. The van der Waals surface area contributed by atoms with Crippen LogP contribution in [0.25, 0.3) is 0 Å². The standard InChI is InChI=1S/C14H20BrNOS/c1-4-16(5-2)8-9-18-14-7-6-12(15)10-13(14)11(3)17/h6-7,10H,4-5,8-9H2,1-3H3. The second kappa shape index (κ2) is 7.97. The highest BCUT2D eigenvalue weighted by atomic mass is 79.9. The molecule has 0 aliphatic carbocycles. The van der Waals surface area contributed by atoms with E-state index in [0.717, 1.165) is 40.3 Å². The molecule has 0 heterocycles. The first-order valence-electron chi connectivity index (χ1n) is 6.24. The van der Waals surface area contributed by atoms with Crippen molar-refractivity contribution in [3.05, 3.63) is 28.2 Å². The molecule has 0 aliphatic heterocycles. The number of benzene rings is 1. The number of hydrogen-bond donors (Lipinski definition) is 0. The van der Waals surface area contributed by atoms with E-state index in [4.69, 9.17) is 0 Å². The number of nitrogens with zero attached hydrogens (tertiary/aromatic N) is 1.